The maximum absolute atomic E-state index is 14.3. The van der Waals surface area contributed by atoms with Gasteiger partial charge >= 0.3 is 0 Å². The summed E-state index contributed by atoms with van der Waals surface area (Å²) in [5.74, 6) is 2.22. The molecular weight excluding hydrogens is 399 g/mol. The van der Waals surface area contributed by atoms with Crippen LogP contribution in [0.2, 0.25) is 0 Å². The molecule has 2 atom stereocenters. The quantitative estimate of drug-likeness (QED) is 0.470. The van der Waals surface area contributed by atoms with Gasteiger partial charge in [-0.15, -0.1) is 0 Å². The van der Waals surface area contributed by atoms with Crippen LogP contribution >= 0.6 is 11.9 Å². The van der Waals surface area contributed by atoms with Crippen molar-refractivity contribution in [1.82, 2.24) is 4.98 Å². The first kappa shape index (κ1) is 22.4. The first-order valence-corrected chi connectivity index (χ1v) is 11.5. The van der Waals surface area contributed by atoms with Gasteiger partial charge in [0.15, 0.2) is 5.89 Å². The highest BCUT2D eigenvalue weighted by Gasteiger charge is 2.28. The monoisotopic (exact) mass is 428 g/mol. The molecule has 3 aromatic rings. The Bertz CT molecular complexity index is 960. The van der Waals surface area contributed by atoms with Crippen molar-refractivity contribution in [3.8, 4) is 16.9 Å². The largest absolute Gasteiger partial charge is 0.487 e. The number of nitrogens with two attached hydrogens (primary N) is 1. The molecular formula is C24H29FN2O2S. The number of para-hydroxylation sites is 1. The van der Waals surface area contributed by atoms with E-state index in [1.54, 1.807) is 12.3 Å². The Balaban J connectivity index is 0.000000806. The van der Waals surface area contributed by atoms with E-state index in [9.17, 15) is 4.39 Å². The van der Waals surface area contributed by atoms with Gasteiger partial charge in [0, 0.05) is 17.0 Å². The van der Waals surface area contributed by atoms with Crippen molar-refractivity contribution in [2.75, 3.05) is 6.26 Å². The van der Waals surface area contributed by atoms with Gasteiger partial charge < -0.3 is 9.15 Å². The molecule has 2 unspecified atom stereocenters. The van der Waals surface area contributed by atoms with Gasteiger partial charge in [-0.05, 0) is 50.1 Å². The predicted octanol–water partition coefficient (Wildman–Crippen LogP) is 6.49. The van der Waals surface area contributed by atoms with E-state index in [2.05, 4.69) is 11.9 Å². The number of ether oxygens (including phenoxy) is 1. The summed E-state index contributed by atoms with van der Waals surface area (Å²) in [6, 6.07) is 12.6. The molecule has 0 saturated heterocycles. The highest BCUT2D eigenvalue weighted by atomic mass is 32.2. The third kappa shape index (κ3) is 5.43. The van der Waals surface area contributed by atoms with E-state index in [1.165, 1.54) is 30.9 Å². The highest BCUT2D eigenvalue weighted by Crippen LogP contribution is 2.39. The van der Waals surface area contributed by atoms with Crippen LogP contribution in [0, 0.1) is 18.7 Å². The Morgan fingerprint density at radius 3 is 2.70 bits per heavy atom. The number of rotatable bonds is 5. The molecule has 1 saturated carbocycles. The summed E-state index contributed by atoms with van der Waals surface area (Å²) >= 11 is 1.25. The van der Waals surface area contributed by atoms with Gasteiger partial charge in [0.1, 0.15) is 30.1 Å². The Kier molecular flexibility index (Phi) is 7.94. The molecule has 1 aromatic heterocycles. The van der Waals surface area contributed by atoms with Gasteiger partial charge in [-0.3, -0.25) is 5.14 Å². The summed E-state index contributed by atoms with van der Waals surface area (Å²) in [4.78, 5) is 4.63. The molecule has 2 aromatic carbocycles. The smallest absolute Gasteiger partial charge is 0.197 e. The summed E-state index contributed by atoms with van der Waals surface area (Å²) in [6.07, 6.45) is 7.09. The fraction of sp³-hybridized carbons (Fsp3) is 0.375. The molecule has 1 aliphatic rings. The zero-order valence-corrected chi connectivity index (χ0v) is 18.5. The lowest BCUT2D eigenvalue weighted by molar-refractivity contribution is 0.302. The molecule has 2 N–H and O–H groups in total. The average molecular weight is 429 g/mol. The lowest BCUT2D eigenvalue weighted by Crippen LogP contribution is -2.03. The summed E-state index contributed by atoms with van der Waals surface area (Å²) in [7, 11) is 0. The van der Waals surface area contributed by atoms with Crippen molar-refractivity contribution in [1.29, 1.82) is 0 Å². The normalized spacial score (nSPS) is 18.0. The van der Waals surface area contributed by atoms with Crippen LogP contribution in [0.4, 0.5) is 4.39 Å². The first-order valence-electron chi connectivity index (χ1n) is 10.2. The number of hydrogen-bond acceptors (Lipinski definition) is 5. The van der Waals surface area contributed by atoms with Crippen LogP contribution in [0.15, 0.2) is 53.1 Å². The van der Waals surface area contributed by atoms with Crippen LogP contribution in [0.1, 0.15) is 49.3 Å². The zero-order valence-electron chi connectivity index (χ0n) is 17.7. The molecule has 0 bridgehead atoms. The summed E-state index contributed by atoms with van der Waals surface area (Å²) < 4.78 is 26.0. The van der Waals surface area contributed by atoms with E-state index in [4.69, 9.17) is 14.3 Å². The number of oxazole rings is 1. The van der Waals surface area contributed by atoms with Crippen LogP contribution in [0.5, 0.6) is 5.75 Å². The summed E-state index contributed by atoms with van der Waals surface area (Å²) in [5.41, 5.74) is 3.06. The van der Waals surface area contributed by atoms with Crippen molar-refractivity contribution < 1.29 is 13.5 Å². The molecule has 1 heterocycles. The third-order valence-corrected chi connectivity index (χ3v) is 5.42. The standard InChI is InChI=1S/C23H24FNO2.CH5NS/c1-15-10-11-21(24)20(12-15)19-7-3-4-9-22(19)26-13-17-14-27-23(25-17)18-8-5-6-16(18)2;1-3-2/h3-4,7,9-12,14,16,18H,5-6,8,13H2,1-2H3;2H2,1H3. The average Bonchev–Trinajstić information content (AvgIpc) is 3.38. The molecule has 1 aliphatic carbocycles. The maximum atomic E-state index is 14.3. The molecule has 0 spiro atoms. The minimum Gasteiger partial charge on any atom is -0.487 e. The van der Waals surface area contributed by atoms with Gasteiger partial charge in [-0.25, -0.2) is 9.37 Å². The lowest BCUT2D eigenvalue weighted by atomic mass is 9.98. The van der Waals surface area contributed by atoms with Gasteiger partial charge in [0.25, 0.3) is 0 Å². The molecule has 0 aliphatic heterocycles. The second-order valence-electron chi connectivity index (χ2n) is 7.70. The van der Waals surface area contributed by atoms with Gasteiger partial charge in [0.2, 0.25) is 0 Å². The molecule has 4 nitrogen and oxygen atoms in total. The topological polar surface area (TPSA) is 61.3 Å². The third-order valence-electron chi connectivity index (χ3n) is 5.42. The Labute approximate surface area is 182 Å². The molecule has 0 amide bonds. The van der Waals surface area contributed by atoms with Gasteiger partial charge in [-0.2, -0.15) is 0 Å². The molecule has 6 heteroatoms. The predicted molar refractivity (Wildman–Crippen MR) is 121 cm³/mol. The number of benzene rings is 2. The van der Waals surface area contributed by atoms with Crippen LogP contribution in [-0.2, 0) is 6.61 Å². The number of aromatic nitrogens is 1. The van der Waals surface area contributed by atoms with E-state index in [0.717, 1.165) is 29.1 Å². The molecule has 4 rings (SSSR count). The Hall–Kier alpha value is -2.31. The van der Waals surface area contributed by atoms with Crippen molar-refractivity contribution in [3.63, 3.8) is 0 Å². The second kappa shape index (κ2) is 10.6. The minimum atomic E-state index is -0.254. The highest BCUT2D eigenvalue weighted by molar-refractivity contribution is 7.96. The molecule has 0 radical (unpaired) electrons. The van der Waals surface area contributed by atoms with Crippen molar-refractivity contribution in [2.24, 2.45) is 11.1 Å². The number of hydrogen-bond donors (Lipinski definition) is 1. The van der Waals surface area contributed by atoms with Gasteiger partial charge in [0.05, 0.1) is 0 Å². The maximum Gasteiger partial charge on any atom is 0.197 e. The minimum absolute atomic E-state index is 0.254. The summed E-state index contributed by atoms with van der Waals surface area (Å²) in [5, 5.41) is 4.76. The first-order chi connectivity index (χ1) is 14.5. The second-order valence-corrected chi connectivity index (χ2v) is 8.17. The molecule has 1 fully saturated rings. The van der Waals surface area contributed by atoms with E-state index in [0.29, 0.717) is 29.8 Å². The van der Waals surface area contributed by atoms with Crippen LogP contribution in [-0.4, -0.2) is 11.2 Å². The van der Waals surface area contributed by atoms with Crippen LogP contribution in [0.25, 0.3) is 11.1 Å². The van der Waals surface area contributed by atoms with Crippen molar-refractivity contribution >= 4 is 11.9 Å². The van der Waals surface area contributed by atoms with E-state index >= 15 is 0 Å². The van der Waals surface area contributed by atoms with E-state index in [-0.39, 0.29) is 5.82 Å². The number of nitrogens with zero attached hydrogens (tertiary/aromatic N) is 1. The fourth-order valence-corrected chi connectivity index (χ4v) is 3.88. The van der Waals surface area contributed by atoms with Crippen LogP contribution in [0.3, 0.4) is 0 Å². The Morgan fingerprint density at radius 2 is 1.97 bits per heavy atom. The molecule has 160 valence electrons. The SMILES string of the molecule is CSN.Cc1ccc(F)c(-c2ccccc2OCc2coc(C3CCCC3C)n2)c1. The van der Waals surface area contributed by atoms with Crippen LogP contribution < -0.4 is 9.88 Å². The zero-order chi connectivity index (χ0) is 21.5. The van der Waals surface area contributed by atoms with Crippen molar-refractivity contribution in [2.45, 2.75) is 45.6 Å². The molecule has 30 heavy (non-hydrogen) atoms. The number of aryl methyl sites for hydroxylation is 1. The van der Waals surface area contributed by atoms with E-state index in [1.807, 2.05) is 43.5 Å². The van der Waals surface area contributed by atoms with E-state index < -0.39 is 0 Å². The fourth-order valence-electron chi connectivity index (χ4n) is 3.88. The summed E-state index contributed by atoms with van der Waals surface area (Å²) in [6.45, 7) is 4.51. The lowest BCUT2D eigenvalue weighted by Gasteiger charge is -2.12. The number of halogens is 1. The Morgan fingerprint density at radius 1 is 1.20 bits per heavy atom. The van der Waals surface area contributed by atoms with Crippen molar-refractivity contribution in [3.05, 3.63) is 71.7 Å². The van der Waals surface area contributed by atoms with Gasteiger partial charge in [-0.1, -0.05) is 55.1 Å².